The van der Waals surface area contributed by atoms with Crippen LogP contribution in [0.15, 0.2) is 24.3 Å². The largest absolute Gasteiger partial charge is 0.490 e. The van der Waals surface area contributed by atoms with Gasteiger partial charge in [-0.2, -0.15) is 13.2 Å². The van der Waals surface area contributed by atoms with Gasteiger partial charge in [0.05, 0.1) is 5.56 Å². The van der Waals surface area contributed by atoms with Crippen molar-refractivity contribution in [2.24, 2.45) is 5.92 Å². The molecule has 1 saturated carbocycles. The van der Waals surface area contributed by atoms with E-state index in [-0.39, 0.29) is 11.6 Å². The van der Waals surface area contributed by atoms with Crippen molar-refractivity contribution in [3.63, 3.8) is 0 Å². The van der Waals surface area contributed by atoms with Gasteiger partial charge in [-0.25, -0.2) is 14.4 Å². The molecule has 8 nitrogen and oxygen atoms in total. The highest BCUT2D eigenvalue weighted by atomic mass is 19.4. The van der Waals surface area contributed by atoms with Crippen molar-refractivity contribution >= 4 is 18.0 Å². The topological polar surface area (TPSA) is 110 Å². The van der Waals surface area contributed by atoms with Crippen LogP contribution in [0.25, 0.3) is 0 Å². The Kier molecular flexibility index (Phi) is 8.26. The third-order valence-corrected chi connectivity index (χ3v) is 4.95. The summed E-state index contributed by atoms with van der Waals surface area (Å²) in [6.07, 6.45) is -2.50. The number of hydrogen-bond acceptors (Lipinski definition) is 4. The van der Waals surface area contributed by atoms with E-state index in [1.807, 2.05) is 11.0 Å². The number of nitrogens with one attached hydrogen (secondary N) is 1. The van der Waals surface area contributed by atoms with E-state index in [0.717, 1.165) is 37.8 Å². The molecule has 11 heteroatoms. The molecule has 0 radical (unpaired) electrons. The highest BCUT2D eigenvalue weighted by molar-refractivity contribution is 5.87. The number of amides is 2. The summed E-state index contributed by atoms with van der Waals surface area (Å²) in [5, 5.41) is 19.1. The molecule has 2 amide bonds. The number of aliphatic carboxylic acids is 1. The van der Waals surface area contributed by atoms with E-state index in [2.05, 4.69) is 17.1 Å². The van der Waals surface area contributed by atoms with Crippen LogP contribution in [0, 0.1) is 5.92 Å². The molecule has 1 atom stereocenters. The highest BCUT2D eigenvalue weighted by Gasteiger charge is 2.38. The van der Waals surface area contributed by atoms with Crippen LogP contribution in [0.3, 0.4) is 0 Å². The molecule has 2 fully saturated rings. The summed E-state index contributed by atoms with van der Waals surface area (Å²) in [5.74, 6) is -3.24. The summed E-state index contributed by atoms with van der Waals surface area (Å²) < 4.78 is 31.7. The Hall–Kier alpha value is -2.82. The lowest BCUT2D eigenvalue weighted by Gasteiger charge is -2.22. The van der Waals surface area contributed by atoms with E-state index in [9.17, 15) is 22.8 Å². The van der Waals surface area contributed by atoms with Crippen LogP contribution in [-0.2, 0) is 11.3 Å². The average Bonchev–Trinajstić information content (AvgIpc) is 3.53. The first-order valence-electron chi connectivity index (χ1n) is 9.86. The molecule has 0 spiro atoms. The quantitative estimate of drug-likeness (QED) is 0.657. The fourth-order valence-corrected chi connectivity index (χ4v) is 3.33. The SMILES string of the molecule is CC1CN(C(=O)NCc2cccc(C(=O)O)c2)CCN(C2CC2)C1.O=C(O)C(F)(F)F. The van der Waals surface area contributed by atoms with Gasteiger partial charge in [0, 0.05) is 38.8 Å². The summed E-state index contributed by atoms with van der Waals surface area (Å²) in [7, 11) is 0. The van der Waals surface area contributed by atoms with Crippen LogP contribution < -0.4 is 5.32 Å². The van der Waals surface area contributed by atoms with E-state index in [4.69, 9.17) is 15.0 Å². The average molecular weight is 445 g/mol. The Labute approximate surface area is 177 Å². The number of carbonyl (C=O) groups is 3. The fraction of sp³-hybridized carbons (Fsp3) is 0.550. The molecule has 2 aliphatic rings. The van der Waals surface area contributed by atoms with Crippen molar-refractivity contribution in [3.05, 3.63) is 35.4 Å². The number of carbonyl (C=O) groups excluding carboxylic acids is 1. The summed E-state index contributed by atoms with van der Waals surface area (Å²) in [5.41, 5.74) is 1.04. The van der Waals surface area contributed by atoms with Gasteiger partial charge in [-0.3, -0.25) is 4.90 Å². The second kappa shape index (κ2) is 10.5. The third-order valence-electron chi connectivity index (χ3n) is 4.95. The lowest BCUT2D eigenvalue weighted by molar-refractivity contribution is -0.192. The summed E-state index contributed by atoms with van der Waals surface area (Å²) in [4.78, 5) is 36.8. The number of nitrogens with zero attached hydrogens (tertiary/aromatic N) is 2. The molecule has 1 saturated heterocycles. The van der Waals surface area contributed by atoms with Gasteiger partial charge >= 0.3 is 24.1 Å². The molecule has 1 aromatic carbocycles. The number of benzene rings is 1. The maximum Gasteiger partial charge on any atom is 0.490 e. The maximum atomic E-state index is 12.5. The number of alkyl halides is 3. The van der Waals surface area contributed by atoms with Gasteiger partial charge in [-0.05, 0) is 36.5 Å². The van der Waals surface area contributed by atoms with Crippen molar-refractivity contribution in [1.29, 1.82) is 0 Å². The molecule has 1 aromatic rings. The van der Waals surface area contributed by atoms with E-state index >= 15 is 0 Å². The molecule has 172 valence electrons. The first-order chi connectivity index (χ1) is 14.5. The summed E-state index contributed by atoms with van der Waals surface area (Å²) in [6.45, 7) is 6.06. The number of rotatable bonds is 4. The van der Waals surface area contributed by atoms with Gasteiger partial charge < -0.3 is 20.4 Å². The molecule has 1 aliphatic carbocycles. The minimum atomic E-state index is -5.08. The molecular weight excluding hydrogens is 419 g/mol. The Morgan fingerprint density at radius 1 is 1.13 bits per heavy atom. The number of aromatic carboxylic acids is 1. The lowest BCUT2D eigenvalue weighted by atomic mass is 10.1. The monoisotopic (exact) mass is 445 g/mol. The first-order valence-corrected chi connectivity index (χ1v) is 9.86. The summed E-state index contributed by atoms with van der Waals surface area (Å²) in [6, 6.07) is 7.34. The zero-order valence-electron chi connectivity index (χ0n) is 17.1. The molecule has 3 rings (SSSR count). The van der Waals surface area contributed by atoms with Gasteiger partial charge in [-0.1, -0.05) is 19.1 Å². The predicted octanol–water partition coefficient (Wildman–Crippen LogP) is 2.64. The zero-order valence-corrected chi connectivity index (χ0v) is 17.1. The molecule has 31 heavy (non-hydrogen) atoms. The molecule has 3 N–H and O–H groups in total. The first kappa shape index (κ1) is 24.4. The van der Waals surface area contributed by atoms with E-state index in [0.29, 0.717) is 12.5 Å². The van der Waals surface area contributed by atoms with Crippen LogP contribution in [-0.4, -0.2) is 76.4 Å². The Balaban J connectivity index is 0.000000423. The molecule has 1 heterocycles. The maximum absolute atomic E-state index is 12.5. The number of urea groups is 1. The van der Waals surface area contributed by atoms with Crippen molar-refractivity contribution in [2.45, 2.75) is 38.5 Å². The van der Waals surface area contributed by atoms with Crippen LogP contribution in [0.1, 0.15) is 35.7 Å². The van der Waals surface area contributed by atoms with Crippen LogP contribution in [0.5, 0.6) is 0 Å². The van der Waals surface area contributed by atoms with Gasteiger partial charge in [0.15, 0.2) is 0 Å². The molecular formula is C20H26F3N3O5. The van der Waals surface area contributed by atoms with Crippen molar-refractivity contribution in [3.8, 4) is 0 Å². The smallest absolute Gasteiger partial charge is 0.478 e. The van der Waals surface area contributed by atoms with Gasteiger partial charge in [0.2, 0.25) is 0 Å². The Morgan fingerprint density at radius 3 is 2.32 bits per heavy atom. The lowest BCUT2D eigenvalue weighted by Crippen LogP contribution is -2.42. The van der Waals surface area contributed by atoms with Crippen molar-refractivity contribution in [2.75, 3.05) is 26.2 Å². The number of hydrogen-bond donors (Lipinski definition) is 3. The number of carboxylic acids is 2. The minimum Gasteiger partial charge on any atom is -0.478 e. The second-order valence-corrected chi connectivity index (χ2v) is 7.74. The predicted molar refractivity (Wildman–Crippen MR) is 105 cm³/mol. The molecule has 0 bridgehead atoms. The van der Waals surface area contributed by atoms with Crippen LogP contribution >= 0.6 is 0 Å². The Morgan fingerprint density at radius 2 is 1.77 bits per heavy atom. The van der Waals surface area contributed by atoms with Crippen molar-refractivity contribution < 1.29 is 37.8 Å². The van der Waals surface area contributed by atoms with Crippen LogP contribution in [0.2, 0.25) is 0 Å². The fourth-order valence-electron chi connectivity index (χ4n) is 3.33. The summed E-state index contributed by atoms with van der Waals surface area (Å²) >= 11 is 0. The van der Waals surface area contributed by atoms with Gasteiger partial charge in [0.25, 0.3) is 0 Å². The van der Waals surface area contributed by atoms with Gasteiger partial charge in [-0.15, -0.1) is 0 Å². The molecule has 0 aromatic heterocycles. The zero-order chi connectivity index (χ0) is 23.2. The number of halogens is 3. The Bertz CT molecular complexity index is 799. The third kappa shape index (κ3) is 8.08. The second-order valence-electron chi connectivity index (χ2n) is 7.74. The standard InChI is InChI=1S/C18H25N3O3.C2HF3O2/c1-13-11-20(16-5-6-16)7-8-21(12-13)18(24)19-10-14-3-2-4-15(9-14)17(22)23;3-2(4,5)1(6)7/h2-4,9,13,16H,5-8,10-12H2,1H3,(H,19,24)(H,22,23);(H,6,7). The van der Waals surface area contributed by atoms with E-state index < -0.39 is 18.1 Å². The molecule has 1 unspecified atom stereocenters. The molecule has 1 aliphatic heterocycles. The van der Waals surface area contributed by atoms with Crippen LogP contribution in [0.4, 0.5) is 18.0 Å². The van der Waals surface area contributed by atoms with Crippen molar-refractivity contribution in [1.82, 2.24) is 15.1 Å². The van der Waals surface area contributed by atoms with Gasteiger partial charge in [0.1, 0.15) is 0 Å². The normalized spacial score (nSPS) is 19.6. The highest BCUT2D eigenvalue weighted by Crippen LogP contribution is 2.28. The minimum absolute atomic E-state index is 0.0692. The van der Waals surface area contributed by atoms with E-state index in [1.165, 1.54) is 12.8 Å². The van der Waals surface area contributed by atoms with E-state index in [1.54, 1.807) is 18.2 Å². The number of carboxylic acid groups (broad SMARTS) is 2.